The van der Waals surface area contributed by atoms with Crippen LogP contribution in [0.4, 0.5) is 0 Å². The van der Waals surface area contributed by atoms with E-state index in [4.69, 9.17) is 37.4 Å². The number of carbonyl (C=O) groups excluding carboxylic acids is 2. The second-order valence-corrected chi connectivity index (χ2v) is 7.09. The van der Waals surface area contributed by atoms with Gasteiger partial charge in [-0.2, -0.15) is 5.10 Å². The summed E-state index contributed by atoms with van der Waals surface area (Å²) in [6.07, 6.45) is 1.94. The number of amides is 2. The predicted molar refractivity (Wildman–Crippen MR) is 119 cm³/mol. The fourth-order valence-electron chi connectivity index (χ4n) is 2.41. The first kappa shape index (κ1) is 24.5. The summed E-state index contributed by atoms with van der Waals surface area (Å²) in [5.74, 6) is -0.898. The molecule has 0 aliphatic heterocycles. The molecule has 0 saturated carbocycles. The van der Waals surface area contributed by atoms with Crippen molar-refractivity contribution in [2.24, 2.45) is 5.10 Å². The molecule has 2 amide bonds. The zero-order chi connectivity index (χ0) is 22.6. The van der Waals surface area contributed by atoms with Gasteiger partial charge in [-0.3, -0.25) is 9.59 Å². The summed E-state index contributed by atoms with van der Waals surface area (Å²) >= 11 is 12.2. The Bertz CT molecular complexity index is 920. The molecule has 0 unspecified atom stereocenters. The minimum atomic E-state index is -0.880. The molecule has 166 valence electrons. The Balaban J connectivity index is 1.96. The quantitative estimate of drug-likeness (QED) is 0.242. The zero-order valence-corrected chi connectivity index (χ0v) is 18.6. The number of rotatable bonds is 10. The van der Waals surface area contributed by atoms with E-state index in [0.717, 1.165) is 5.56 Å². The van der Waals surface area contributed by atoms with Crippen LogP contribution >= 0.6 is 23.2 Å². The number of methoxy groups -OCH3 is 2. The predicted octanol–water partition coefficient (Wildman–Crippen LogP) is 3.18. The highest BCUT2D eigenvalue weighted by molar-refractivity contribution is 6.35. The smallest absolute Gasteiger partial charge is 0.329 e. The van der Waals surface area contributed by atoms with Crippen LogP contribution in [0.2, 0.25) is 10.0 Å². The molecule has 2 rings (SSSR count). The zero-order valence-electron chi connectivity index (χ0n) is 17.1. The standard InChI is InChI=1S/C21H23Cl2N3O5/c1-29-9-3-8-24-20(27)21(28)26-25-12-15-10-17(23)19(18(11-15)30-2)31-13-14-4-6-16(22)7-5-14/h4-7,10-12H,3,8-9,13H2,1-2H3,(H,24,27)(H,26,28)/b25-12-. The Kier molecular flexibility index (Phi) is 10.1. The van der Waals surface area contributed by atoms with E-state index in [-0.39, 0.29) is 6.61 Å². The summed E-state index contributed by atoms with van der Waals surface area (Å²) in [5.41, 5.74) is 3.61. The maximum atomic E-state index is 11.7. The van der Waals surface area contributed by atoms with Crippen LogP contribution in [-0.4, -0.2) is 45.4 Å². The number of carbonyl (C=O) groups is 2. The molecule has 2 aromatic rings. The third-order valence-corrected chi connectivity index (χ3v) is 4.48. The van der Waals surface area contributed by atoms with E-state index in [1.807, 2.05) is 12.1 Å². The lowest BCUT2D eigenvalue weighted by Crippen LogP contribution is -2.38. The molecule has 0 fully saturated rings. The number of hydrogen-bond acceptors (Lipinski definition) is 6. The van der Waals surface area contributed by atoms with Gasteiger partial charge in [0, 0.05) is 25.3 Å². The third kappa shape index (κ3) is 8.09. The van der Waals surface area contributed by atoms with Gasteiger partial charge in [-0.15, -0.1) is 0 Å². The number of halogens is 2. The molecular weight excluding hydrogens is 445 g/mol. The van der Waals surface area contributed by atoms with E-state index in [0.29, 0.717) is 46.7 Å². The van der Waals surface area contributed by atoms with Crippen LogP contribution < -0.4 is 20.2 Å². The second-order valence-electron chi connectivity index (χ2n) is 6.25. The number of nitrogens with zero attached hydrogens (tertiary/aromatic N) is 1. The molecule has 2 aromatic carbocycles. The third-order valence-electron chi connectivity index (χ3n) is 3.94. The van der Waals surface area contributed by atoms with Crippen LogP contribution in [0, 0.1) is 0 Å². The van der Waals surface area contributed by atoms with Crippen LogP contribution in [0.15, 0.2) is 41.5 Å². The molecule has 2 N–H and O–H groups in total. The lowest BCUT2D eigenvalue weighted by Gasteiger charge is -2.13. The van der Waals surface area contributed by atoms with Crippen molar-refractivity contribution in [1.82, 2.24) is 10.7 Å². The van der Waals surface area contributed by atoms with Gasteiger partial charge in [-0.1, -0.05) is 35.3 Å². The molecule has 0 aliphatic rings. The van der Waals surface area contributed by atoms with Crippen LogP contribution in [0.25, 0.3) is 0 Å². The molecule has 8 nitrogen and oxygen atoms in total. The van der Waals surface area contributed by atoms with Gasteiger partial charge in [0.1, 0.15) is 6.61 Å². The first-order valence-corrected chi connectivity index (χ1v) is 10.0. The van der Waals surface area contributed by atoms with Crippen LogP contribution in [0.1, 0.15) is 17.5 Å². The molecule has 0 spiro atoms. The van der Waals surface area contributed by atoms with Crippen molar-refractivity contribution in [3.63, 3.8) is 0 Å². The topological polar surface area (TPSA) is 98.2 Å². The fraction of sp³-hybridized carbons (Fsp3) is 0.286. The maximum absolute atomic E-state index is 11.7. The van der Waals surface area contributed by atoms with Crippen molar-refractivity contribution in [2.45, 2.75) is 13.0 Å². The molecule has 0 bridgehead atoms. The van der Waals surface area contributed by atoms with Crippen LogP contribution in [0.3, 0.4) is 0 Å². The minimum Gasteiger partial charge on any atom is -0.493 e. The molecule has 0 aromatic heterocycles. The highest BCUT2D eigenvalue weighted by atomic mass is 35.5. The molecule has 0 aliphatic carbocycles. The van der Waals surface area contributed by atoms with E-state index >= 15 is 0 Å². The Labute approximate surface area is 190 Å². The summed E-state index contributed by atoms with van der Waals surface area (Å²) < 4.78 is 16.0. The Morgan fingerprint density at radius 2 is 1.84 bits per heavy atom. The lowest BCUT2D eigenvalue weighted by atomic mass is 10.2. The molecule has 0 saturated heterocycles. The first-order valence-electron chi connectivity index (χ1n) is 9.29. The van der Waals surface area contributed by atoms with Gasteiger partial charge in [0.15, 0.2) is 11.5 Å². The average Bonchev–Trinajstić information content (AvgIpc) is 2.76. The normalized spacial score (nSPS) is 10.7. The summed E-state index contributed by atoms with van der Waals surface area (Å²) in [6, 6.07) is 10.5. The van der Waals surface area contributed by atoms with Gasteiger partial charge in [0.25, 0.3) is 0 Å². The van der Waals surface area contributed by atoms with E-state index in [1.165, 1.54) is 13.3 Å². The van der Waals surface area contributed by atoms with Gasteiger partial charge in [-0.25, -0.2) is 5.43 Å². The largest absolute Gasteiger partial charge is 0.493 e. The summed E-state index contributed by atoms with van der Waals surface area (Å²) in [5, 5.41) is 7.18. The minimum absolute atomic E-state index is 0.274. The van der Waals surface area contributed by atoms with Gasteiger partial charge >= 0.3 is 11.8 Å². The SMILES string of the molecule is COCCCNC(=O)C(=O)N/N=C\c1cc(Cl)c(OCc2ccc(Cl)cc2)c(OC)c1. The number of ether oxygens (including phenoxy) is 3. The Morgan fingerprint density at radius 3 is 2.52 bits per heavy atom. The van der Waals surface area contributed by atoms with Crippen molar-refractivity contribution in [2.75, 3.05) is 27.4 Å². The van der Waals surface area contributed by atoms with Crippen molar-refractivity contribution >= 4 is 41.2 Å². The number of hydrogen-bond donors (Lipinski definition) is 2. The molecule has 10 heteroatoms. The summed E-state index contributed by atoms with van der Waals surface area (Å²) in [6.45, 7) is 1.09. The number of benzene rings is 2. The Morgan fingerprint density at radius 1 is 1.10 bits per heavy atom. The molecular formula is C21H23Cl2N3O5. The Hall–Kier alpha value is -2.81. The molecule has 0 heterocycles. The maximum Gasteiger partial charge on any atom is 0.329 e. The molecule has 0 atom stereocenters. The summed E-state index contributed by atoms with van der Waals surface area (Å²) in [7, 11) is 3.04. The summed E-state index contributed by atoms with van der Waals surface area (Å²) in [4.78, 5) is 23.4. The van der Waals surface area contributed by atoms with Crippen molar-refractivity contribution in [3.05, 3.63) is 57.6 Å². The second kappa shape index (κ2) is 12.8. The fourth-order valence-corrected chi connectivity index (χ4v) is 2.81. The molecule has 31 heavy (non-hydrogen) atoms. The highest BCUT2D eigenvalue weighted by Crippen LogP contribution is 2.36. The monoisotopic (exact) mass is 467 g/mol. The highest BCUT2D eigenvalue weighted by Gasteiger charge is 2.13. The van der Waals surface area contributed by atoms with E-state index in [9.17, 15) is 9.59 Å². The van der Waals surface area contributed by atoms with Crippen LogP contribution in [0.5, 0.6) is 11.5 Å². The van der Waals surface area contributed by atoms with Gasteiger partial charge in [0.05, 0.1) is 18.3 Å². The molecule has 0 radical (unpaired) electrons. The van der Waals surface area contributed by atoms with Gasteiger partial charge in [-0.05, 0) is 41.8 Å². The lowest BCUT2D eigenvalue weighted by molar-refractivity contribution is -0.139. The number of hydrazone groups is 1. The van der Waals surface area contributed by atoms with E-state index < -0.39 is 11.8 Å². The van der Waals surface area contributed by atoms with Crippen molar-refractivity contribution in [3.8, 4) is 11.5 Å². The number of nitrogens with one attached hydrogen (secondary N) is 2. The van der Waals surface area contributed by atoms with Crippen molar-refractivity contribution < 1.29 is 23.8 Å². The van der Waals surface area contributed by atoms with Gasteiger partial charge < -0.3 is 19.5 Å². The first-order chi connectivity index (χ1) is 14.9. The van der Waals surface area contributed by atoms with E-state index in [2.05, 4.69) is 15.8 Å². The van der Waals surface area contributed by atoms with Crippen LogP contribution in [-0.2, 0) is 20.9 Å². The van der Waals surface area contributed by atoms with Gasteiger partial charge in [0.2, 0.25) is 0 Å². The average molecular weight is 468 g/mol. The van der Waals surface area contributed by atoms with Crippen molar-refractivity contribution in [1.29, 1.82) is 0 Å². The van der Waals surface area contributed by atoms with E-state index in [1.54, 1.807) is 31.4 Å².